The molecule has 0 aliphatic rings. The Hall–Kier alpha value is -2.66. The van der Waals surface area contributed by atoms with Gasteiger partial charge < -0.3 is 5.73 Å². The summed E-state index contributed by atoms with van der Waals surface area (Å²) in [6, 6.07) is 7.03. The first kappa shape index (κ1) is 11.4. The first-order chi connectivity index (χ1) is 7.69. The Bertz CT molecular complexity index is 514. The Morgan fingerprint density at radius 3 is 2.69 bits per heavy atom. The maximum Gasteiger partial charge on any atom is 0.174 e. The van der Waals surface area contributed by atoms with Crippen molar-refractivity contribution in [1.29, 1.82) is 10.5 Å². The molecule has 1 rings (SSSR count). The SMILES string of the molecule is CC(=N/C(C#N)=C(\N)C#N)c1cccnc1. The summed E-state index contributed by atoms with van der Waals surface area (Å²) < 4.78 is 0. The Morgan fingerprint density at radius 2 is 2.19 bits per heavy atom. The van der Waals surface area contributed by atoms with Gasteiger partial charge >= 0.3 is 0 Å². The number of hydrogen-bond acceptors (Lipinski definition) is 5. The number of aliphatic imine (C=N–C) groups is 1. The van der Waals surface area contributed by atoms with Crippen LogP contribution in [-0.4, -0.2) is 10.7 Å². The van der Waals surface area contributed by atoms with Gasteiger partial charge in [-0.25, -0.2) is 4.99 Å². The van der Waals surface area contributed by atoms with Gasteiger partial charge in [-0.15, -0.1) is 0 Å². The molecule has 2 N–H and O–H groups in total. The zero-order valence-electron chi connectivity index (χ0n) is 8.68. The van der Waals surface area contributed by atoms with Gasteiger partial charge in [0.2, 0.25) is 0 Å². The van der Waals surface area contributed by atoms with E-state index in [9.17, 15) is 0 Å². The van der Waals surface area contributed by atoms with Gasteiger partial charge in [0, 0.05) is 23.7 Å². The van der Waals surface area contributed by atoms with Crippen molar-refractivity contribution in [3.8, 4) is 12.1 Å². The van der Waals surface area contributed by atoms with Crippen LogP contribution in [0.4, 0.5) is 0 Å². The van der Waals surface area contributed by atoms with E-state index < -0.39 is 0 Å². The standard InChI is InChI=1S/C11H9N5/c1-8(9-3-2-4-15-7-9)16-11(6-13)10(14)5-12/h2-4,7H,14H2,1H3/b11-10-,16-8?. The van der Waals surface area contributed by atoms with E-state index >= 15 is 0 Å². The minimum Gasteiger partial charge on any atom is -0.388 e. The molecular weight excluding hydrogens is 202 g/mol. The van der Waals surface area contributed by atoms with E-state index in [2.05, 4.69) is 9.98 Å². The molecule has 0 spiro atoms. The Labute approximate surface area is 93.2 Å². The van der Waals surface area contributed by atoms with Crippen LogP contribution in [0.15, 0.2) is 40.9 Å². The van der Waals surface area contributed by atoms with Crippen LogP contribution >= 0.6 is 0 Å². The lowest BCUT2D eigenvalue weighted by molar-refractivity contribution is 1.25. The number of rotatable bonds is 2. The highest BCUT2D eigenvalue weighted by Crippen LogP contribution is 2.05. The molecule has 0 saturated heterocycles. The first-order valence-electron chi connectivity index (χ1n) is 4.44. The Balaban J connectivity index is 3.13. The summed E-state index contributed by atoms with van der Waals surface area (Å²) in [4.78, 5) is 7.91. The molecule has 0 bridgehead atoms. The number of allylic oxidation sites excluding steroid dienone is 2. The van der Waals surface area contributed by atoms with E-state index in [4.69, 9.17) is 16.3 Å². The van der Waals surface area contributed by atoms with Crippen LogP contribution in [0.2, 0.25) is 0 Å². The van der Waals surface area contributed by atoms with Crippen molar-refractivity contribution >= 4 is 5.71 Å². The zero-order chi connectivity index (χ0) is 12.0. The van der Waals surface area contributed by atoms with E-state index in [1.54, 1.807) is 37.5 Å². The number of nitriles is 2. The Kier molecular flexibility index (Phi) is 3.77. The predicted molar refractivity (Wildman–Crippen MR) is 58.9 cm³/mol. The minimum atomic E-state index is -0.189. The first-order valence-corrected chi connectivity index (χ1v) is 4.44. The molecule has 0 radical (unpaired) electrons. The molecule has 1 aromatic rings. The normalized spacial score (nSPS) is 12.3. The van der Waals surface area contributed by atoms with Crippen molar-refractivity contribution in [2.75, 3.05) is 0 Å². The molecule has 1 heterocycles. The lowest BCUT2D eigenvalue weighted by atomic mass is 10.2. The van der Waals surface area contributed by atoms with E-state index in [1.807, 2.05) is 6.07 Å². The van der Waals surface area contributed by atoms with Crippen molar-refractivity contribution in [2.45, 2.75) is 6.92 Å². The van der Waals surface area contributed by atoms with E-state index in [0.717, 1.165) is 5.56 Å². The van der Waals surface area contributed by atoms with Crippen LogP contribution in [0.5, 0.6) is 0 Å². The largest absolute Gasteiger partial charge is 0.388 e. The fourth-order valence-electron chi connectivity index (χ4n) is 1.01. The average Bonchev–Trinajstić information content (AvgIpc) is 2.35. The summed E-state index contributed by atoms with van der Waals surface area (Å²) in [6.45, 7) is 1.72. The molecule has 5 nitrogen and oxygen atoms in total. The molecule has 0 aromatic carbocycles. The van der Waals surface area contributed by atoms with Crippen molar-refractivity contribution in [1.82, 2.24) is 4.98 Å². The van der Waals surface area contributed by atoms with Gasteiger partial charge in [0.1, 0.15) is 17.8 Å². The van der Waals surface area contributed by atoms with Crippen molar-refractivity contribution in [3.05, 3.63) is 41.5 Å². The van der Waals surface area contributed by atoms with E-state index in [1.165, 1.54) is 0 Å². The molecule has 0 aliphatic carbocycles. The van der Waals surface area contributed by atoms with Crippen molar-refractivity contribution in [3.63, 3.8) is 0 Å². The molecule has 16 heavy (non-hydrogen) atoms. The van der Waals surface area contributed by atoms with Crippen LogP contribution in [0.25, 0.3) is 0 Å². The molecule has 1 aromatic heterocycles. The van der Waals surface area contributed by atoms with Gasteiger partial charge in [-0.2, -0.15) is 10.5 Å². The highest BCUT2D eigenvalue weighted by molar-refractivity contribution is 5.99. The summed E-state index contributed by atoms with van der Waals surface area (Å²) in [5.74, 6) is 0. The molecule has 0 aliphatic heterocycles. The molecule has 78 valence electrons. The molecule has 0 saturated carbocycles. The number of pyridine rings is 1. The maximum atomic E-state index is 8.76. The second-order valence-electron chi connectivity index (χ2n) is 2.92. The molecule has 0 amide bonds. The molecule has 0 atom stereocenters. The smallest absolute Gasteiger partial charge is 0.174 e. The lowest BCUT2D eigenvalue weighted by Crippen LogP contribution is -2.01. The zero-order valence-corrected chi connectivity index (χ0v) is 8.68. The fraction of sp³-hybridized carbons (Fsp3) is 0.0909. The highest BCUT2D eigenvalue weighted by Gasteiger charge is 2.02. The third-order valence-corrected chi connectivity index (χ3v) is 1.84. The Morgan fingerprint density at radius 1 is 1.44 bits per heavy atom. The van der Waals surface area contributed by atoms with Crippen LogP contribution in [0.1, 0.15) is 12.5 Å². The number of nitrogens with two attached hydrogens (primary N) is 1. The van der Waals surface area contributed by atoms with Gasteiger partial charge in [0.05, 0.1) is 0 Å². The van der Waals surface area contributed by atoms with Gasteiger partial charge in [-0.05, 0) is 13.0 Å². The van der Waals surface area contributed by atoms with Gasteiger partial charge in [-0.1, -0.05) is 6.07 Å². The van der Waals surface area contributed by atoms with E-state index in [-0.39, 0.29) is 11.4 Å². The van der Waals surface area contributed by atoms with Gasteiger partial charge in [-0.3, -0.25) is 4.98 Å². The van der Waals surface area contributed by atoms with E-state index in [0.29, 0.717) is 5.71 Å². The summed E-state index contributed by atoms with van der Waals surface area (Å²) in [7, 11) is 0. The monoisotopic (exact) mass is 211 g/mol. The van der Waals surface area contributed by atoms with Crippen molar-refractivity contribution < 1.29 is 0 Å². The van der Waals surface area contributed by atoms with Crippen LogP contribution in [0, 0.1) is 22.7 Å². The second kappa shape index (κ2) is 5.28. The quantitative estimate of drug-likeness (QED) is 0.585. The third-order valence-electron chi connectivity index (χ3n) is 1.84. The molecular formula is C11H9N5. The molecule has 0 fully saturated rings. The summed E-state index contributed by atoms with van der Waals surface area (Å²) in [5, 5.41) is 17.3. The minimum absolute atomic E-state index is 0.0798. The van der Waals surface area contributed by atoms with Gasteiger partial charge in [0.25, 0.3) is 0 Å². The van der Waals surface area contributed by atoms with Crippen LogP contribution < -0.4 is 5.73 Å². The average molecular weight is 211 g/mol. The topological polar surface area (TPSA) is 98.9 Å². The fourth-order valence-corrected chi connectivity index (χ4v) is 1.01. The third kappa shape index (κ3) is 2.66. The highest BCUT2D eigenvalue weighted by atomic mass is 14.8. The summed E-state index contributed by atoms with van der Waals surface area (Å²) in [6.07, 6.45) is 3.26. The number of aromatic nitrogens is 1. The lowest BCUT2D eigenvalue weighted by Gasteiger charge is -1.99. The van der Waals surface area contributed by atoms with Crippen molar-refractivity contribution in [2.24, 2.45) is 10.7 Å². The maximum absolute atomic E-state index is 8.76. The molecule has 0 unspecified atom stereocenters. The number of nitrogens with zero attached hydrogens (tertiary/aromatic N) is 4. The van der Waals surface area contributed by atoms with Gasteiger partial charge in [0.15, 0.2) is 5.70 Å². The molecule has 5 heteroatoms. The summed E-state index contributed by atoms with van der Waals surface area (Å²) >= 11 is 0. The summed E-state index contributed by atoms with van der Waals surface area (Å²) in [5.41, 5.74) is 6.42. The van der Waals surface area contributed by atoms with Crippen LogP contribution in [-0.2, 0) is 0 Å². The second-order valence-corrected chi connectivity index (χ2v) is 2.92. The number of hydrogen-bond donors (Lipinski definition) is 1. The predicted octanol–water partition coefficient (Wildman–Crippen LogP) is 1.11. The van der Waals surface area contributed by atoms with Crippen LogP contribution in [0.3, 0.4) is 0 Å².